The van der Waals surface area contributed by atoms with Crippen LogP contribution in [0.25, 0.3) is 0 Å². The fourth-order valence-corrected chi connectivity index (χ4v) is 3.04. The first-order chi connectivity index (χ1) is 12.2. The van der Waals surface area contributed by atoms with E-state index in [1.807, 2.05) is 0 Å². The number of nitrogens with one attached hydrogen (secondary N) is 2. The Balaban J connectivity index is 1.62. The van der Waals surface area contributed by atoms with Gasteiger partial charge in [0.15, 0.2) is 5.76 Å². The first-order valence-electron chi connectivity index (χ1n) is 8.06. The summed E-state index contributed by atoms with van der Waals surface area (Å²) < 4.78 is 16.1. The fraction of sp³-hybridized carbons (Fsp3) is 0.412. The molecule has 0 saturated carbocycles. The average Bonchev–Trinajstić information content (AvgIpc) is 2.68. The van der Waals surface area contributed by atoms with Gasteiger partial charge in [-0.2, -0.15) is 0 Å². The van der Waals surface area contributed by atoms with E-state index in [1.54, 1.807) is 29.7 Å². The third-order valence-corrected chi connectivity index (χ3v) is 4.45. The second-order valence-electron chi connectivity index (χ2n) is 5.48. The van der Waals surface area contributed by atoms with Gasteiger partial charge in [0, 0.05) is 17.7 Å². The van der Waals surface area contributed by atoms with Crippen molar-refractivity contribution in [2.75, 3.05) is 44.0 Å². The summed E-state index contributed by atoms with van der Waals surface area (Å²) in [5.41, 5.74) is 0.822. The number of thioether (sulfide) groups is 1. The number of carbonyl (C=O) groups is 2. The van der Waals surface area contributed by atoms with E-state index < -0.39 is 0 Å². The van der Waals surface area contributed by atoms with Crippen molar-refractivity contribution in [3.63, 3.8) is 0 Å². The number of para-hydroxylation sites is 1. The quantitative estimate of drug-likeness (QED) is 0.821. The van der Waals surface area contributed by atoms with E-state index in [1.165, 1.54) is 11.8 Å². The Morgan fingerprint density at radius 1 is 1.16 bits per heavy atom. The summed E-state index contributed by atoms with van der Waals surface area (Å²) in [6, 6.07) is 6.85. The second kappa shape index (κ2) is 8.89. The van der Waals surface area contributed by atoms with Crippen LogP contribution in [-0.2, 0) is 19.0 Å². The monoisotopic (exact) mass is 364 g/mol. The number of hydrogen-bond acceptors (Lipinski definition) is 6. The van der Waals surface area contributed by atoms with Crippen molar-refractivity contribution in [2.45, 2.75) is 6.10 Å². The Kier molecular flexibility index (Phi) is 6.32. The van der Waals surface area contributed by atoms with E-state index in [9.17, 15) is 9.59 Å². The molecule has 0 aliphatic carbocycles. The van der Waals surface area contributed by atoms with Gasteiger partial charge in [0.05, 0.1) is 43.8 Å². The Labute approximate surface area is 150 Å². The number of anilines is 1. The normalized spacial score (nSPS) is 20.2. The highest BCUT2D eigenvalue weighted by molar-refractivity contribution is 8.02. The zero-order chi connectivity index (χ0) is 17.5. The van der Waals surface area contributed by atoms with E-state index in [0.29, 0.717) is 44.2 Å². The molecule has 2 aliphatic rings. The van der Waals surface area contributed by atoms with E-state index in [0.717, 1.165) is 5.75 Å². The molecule has 2 aliphatic heterocycles. The molecule has 0 unspecified atom stereocenters. The fourth-order valence-electron chi connectivity index (χ4n) is 2.42. The highest BCUT2D eigenvalue weighted by Crippen LogP contribution is 2.19. The third-order valence-electron chi connectivity index (χ3n) is 3.67. The largest absolute Gasteiger partial charge is 0.487 e. The van der Waals surface area contributed by atoms with Crippen LogP contribution in [0.3, 0.4) is 0 Å². The summed E-state index contributed by atoms with van der Waals surface area (Å²) in [6.07, 6.45) is -0.155. The van der Waals surface area contributed by atoms with Crippen molar-refractivity contribution < 1.29 is 23.8 Å². The lowest BCUT2D eigenvalue weighted by atomic mass is 10.1. The van der Waals surface area contributed by atoms with Gasteiger partial charge in [0.25, 0.3) is 11.8 Å². The standard InChI is InChI=1S/C17H20N2O5S/c20-16(18-9-12-10-22-5-6-23-12)13-3-1-2-4-14(13)19-17(21)15-11-25-8-7-24-15/h1-4,11-12H,5-10H2,(H,18,20)(H,19,21)/t12-/m1/s1. The predicted octanol–water partition coefficient (Wildman–Crippen LogP) is 1.38. The molecule has 0 aromatic heterocycles. The van der Waals surface area contributed by atoms with Gasteiger partial charge in [-0.1, -0.05) is 12.1 Å². The van der Waals surface area contributed by atoms with Crippen molar-refractivity contribution in [1.82, 2.24) is 5.32 Å². The van der Waals surface area contributed by atoms with Gasteiger partial charge in [-0.05, 0) is 12.1 Å². The molecule has 1 aromatic carbocycles. The lowest BCUT2D eigenvalue weighted by molar-refractivity contribution is -0.116. The minimum Gasteiger partial charge on any atom is -0.487 e. The molecule has 2 amide bonds. The first kappa shape index (κ1) is 17.8. The molecule has 7 nitrogen and oxygen atoms in total. The molecule has 134 valence electrons. The van der Waals surface area contributed by atoms with Crippen molar-refractivity contribution in [3.8, 4) is 0 Å². The smallest absolute Gasteiger partial charge is 0.291 e. The van der Waals surface area contributed by atoms with Crippen LogP contribution in [0.5, 0.6) is 0 Å². The summed E-state index contributed by atoms with van der Waals surface area (Å²) in [5.74, 6) is 0.441. The van der Waals surface area contributed by atoms with Gasteiger partial charge < -0.3 is 24.8 Å². The maximum atomic E-state index is 12.5. The molecular formula is C17H20N2O5S. The predicted molar refractivity (Wildman–Crippen MR) is 94.5 cm³/mol. The van der Waals surface area contributed by atoms with Gasteiger partial charge in [-0.25, -0.2) is 0 Å². The van der Waals surface area contributed by atoms with Crippen molar-refractivity contribution >= 4 is 29.3 Å². The lowest BCUT2D eigenvalue weighted by Gasteiger charge is -2.23. The van der Waals surface area contributed by atoms with Crippen LogP contribution in [0.1, 0.15) is 10.4 Å². The Bertz CT molecular complexity index is 658. The van der Waals surface area contributed by atoms with Crippen LogP contribution >= 0.6 is 11.8 Å². The van der Waals surface area contributed by atoms with Gasteiger partial charge >= 0.3 is 0 Å². The number of rotatable bonds is 5. The molecule has 1 atom stereocenters. The second-order valence-corrected chi connectivity index (χ2v) is 6.46. The summed E-state index contributed by atoms with van der Waals surface area (Å²) in [4.78, 5) is 24.7. The van der Waals surface area contributed by atoms with Crippen LogP contribution in [0, 0.1) is 0 Å². The zero-order valence-electron chi connectivity index (χ0n) is 13.7. The zero-order valence-corrected chi connectivity index (χ0v) is 14.5. The van der Waals surface area contributed by atoms with Crippen molar-refractivity contribution in [1.29, 1.82) is 0 Å². The van der Waals surface area contributed by atoms with Crippen LogP contribution in [-0.4, -0.2) is 56.6 Å². The van der Waals surface area contributed by atoms with E-state index in [2.05, 4.69) is 10.6 Å². The molecule has 2 heterocycles. The minimum atomic E-state index is -0.364. The van der Waals surface area contributed by atoms with Crippen LogP contribution in [0.4, 0.5) is 5.69 Å². The molecule has 0 bridgehead atoms. The molecule has 1 saturated heterocycles. The molecule has 0 spiro atoms. The Morgan fingerprint density at radius 3 is 2.80 bits per heavy atom. The maximum absolute atomic E-state index is 12.5. The third kappa shape index (κ3) is 4.97. The van der Waals surface area contributed by atoms with Crippen molar-refractivity contribution in [2.24, 2.45) is 0 Å². The van der Waals surface area contributed by atoms with Gasteiger partial charge in [0.2, 0.25) is 0 Å². The van der Waals surface area contributed by atoms with E-state index in [4.69, 9.17) is 14.2 Å². The topological polar surface area (TPSA) is 85.9 Å². The Hall–Kier alpha value is -2.03. The summed E-state index contributed by atoms with van der Waals surface area (Å²) in [5, 5.41) is 7.24. The number of benzene rings is 1. The van der Waals surface area contributed by atoms with E-state index in [-0.39, 0.29) is 23.7 Å². The van der Waals surface area contributed by atoms with Crippen LogP contribution in [0.2, 0.25) is 0 Å². The minimum absolute atomic E-state index is 0.155. The maximum Gasteiger partial charge on any atom is 0.291 e. The number of ether oxygens (including phenoxy) is 3. The molecule has 0 radical (unpaired) electrons. The van der Waals surface area contributed by atoms with Gasteiger partial charge in [-0.15, -0.1) is 11.8 Å². The number of carbonyl (C=O) groups excluding carboxylic acids is 2. The summed E-state index contributed by atoms with van der Waals surface area (Å²) in [6.45, 7) is 2.42. The van der Waals surface area contributed by atoms with Crippen LogP contribution in [0.15, 0.2) is 35.4 Å². The van der Waals surface area contributed by atoms with Crippen LogP contribution < -0.4 is 10.6 Å². The molecule has 2 N–H and O–H groups in total. The molecule has 1 fully saturated rings. The molecule has 3 rings (SSSR count). The lowest BCUT2D eigenvalue weighted by Crippen LogP contribution is -2.39. The SMILES string of the molecule is O=C(Nc1ccccc1C(=O)NC[C@@H]1COCCO1)C1=CSCCO1. The number of amides is 2. The molecular weight excluding hydrogens is 344 g/mol. The highest BCUT2D eigenvalue weighted by Gasteiger charge is 2.20. The summed E-state index contributed by atoms with van der Waals surface area (Å²) in [7, 11) is 0. The van der Waals surface area contributed by atoms with E-state index >= 15 is 0 Å². The highest BCUT2D eigenvalue weighted by atomic mass is 32.2. The van der Waals surface area contributed by atoms with Gasteiger partial charge in [0.1, 0.15) is 0 Å². The van der Waals surface area contributed by atoms with Crippen molar-refractivity contribution in [3.05, 3.63) is 41.0 Å². The first-order valence-corrected chi connectivity index (χ1v) is 9.11. The molecule has 1 aromatic rings. The number of hydrogen-bond donors (Lipinski definition) is 2. The molecule has 8 heteroatoms. The Morgan fingerprint density at radius 2 is 2.04 bits per heavy atom. The molecule has 25 heavy (non-hydrogen) atoms. The average molecular weight is 364 g/mol. The van der Waals surface area contributed by atoms with Gasteiger partial charge in [-0.3, -0.25) is 9.59 Å². The summed E-state index contributed by atoms with van der Waals surface area (Å²) >= 11 is 1.52.